The van der Waals surface area contributed by atoms with Crippen LogP contribution in [-0.2, 0) is 10.0 Å². The first-order valence-electron chi connectivity index (χ1n) is 6.67. The van der Waals surface area contributed by atoms with Crippen molar-refractivity contribution in [3.8, 4) is 16.9 Å². The fourth-order valence-electron chi connectivity index (χ4n) is 2.32. The lowest BCUT2D eigenvalue weighted by Crippen LogP contribution is -2.16. The van der Waals surface area contributed by atoms with E-state index < -0.39 is 37.2 Å². The molecule has 0 atom stereocenters. The molecule has 1 heterocycles. The van der Waals surface area contributed by atoms with Crippen LogP contribution < -0.4 is 10.0 Å². The van der Waals surface area contributed by atoms with Crippen LogP contribution in [-0.4, -0.2) is 13.0 Å². The Hall–Kier alpha value is -2.43. The number of benzene rings is 2. The number of hydrogen-bond acceptors (Lipinski definition) is 4. The molecule has 130 valence electrons. The molecule has 2 N–H and O–H groups in total. The number of nitrogens with zero attached hydrogens (tertiary/aromatic N) is 1. The minimum absolute atomic E-state index is 0.0647. The van der Waals surface area contributed by atoms with E-state index in [1.165, 1.54) is 17.5 Å². The molecular formula is C15H9F3N2O3S2. The summed E-state index contributed by atoms with van der Waals surface area (Å²) >= 11 is 0.772. The number of primary sulfonamides is 1. The summed E-state index contributed by atoms with van der Waals surface area (Å²) in [4.78, 5) is 10.4. The first-order valence-corrected chi connectivity index (χ1v) is 9.10. The molecule has 0 aliphatic carbocycles. The average Bonchev–Trinajstić information content (AvgIpc) is 2.87. The lowest BCUT2D eigenvalue weighted by Gasteiger charge is -2.10. The Morgan fingerprint density at radius 2 is 1.56 bits per heavy atom. The number of halogens is 3. The quantitative estimate of drug-likeness (QED) is 0.751. The molecule has 0 radical (unpaired) electrons. The molecule has 1 aromatic heterocycles. The van der Waals surface area contributed by atoms with Crippen molar-refractivity contribution in [2.24, 2.45) is 5.14 Å². The Labute approximate surface area is 143 Å². The highest BCUT2D eigenvalue weighted by Crippen LogP contribution is 2.28. The molecule has 0 aliphatic rings. The number of nitrogens with two attached hydrogens (primary N) is 1. The smallest absolute Gasteiger partial charge is 0.267 e. The van der Waals surface area contributed by atoms with Crippen LogP contribution in [0.5, 0.6) is 0 Å². The maximum atomic E-state index is 14.1. The number of sulfonamides is 1. The van der Waals surface area contributed by atoms with E-state index >= 15 is 0 Å². The Balaban J connectivity index is 2.23. The molecule has 3 aromatic rings. The predicted octanol–water partition coefficient (Wildman–Crippen LogP) is 2.63. The van der Waals surface area contributed by atoms with Crippen molar-refractivity contribution >= 4 is 21.4 Å². The van der Waals surface area contributed by atoms with Crippen LogP contribution in [0, 0.1) is 17.5 Å². The first-order chi connectivity index (χ1) is 11.7. The third-order valence-corrected chi connectivity index (χ3v) is 5.04. The zero-order valence-corrected chi connectivity index (χ0v) is 13.9. The van der Waals surface area contributed by atoms with Crippen LogP contribution in [0.15, 0.2) is 51.5 Å². The van der Waals surface area contributed by atoms with E-state index in [0.717, 1.165) is 40.2 Å². The molecule has 10 heteroatoms. The Morgan fingerprint density at radius 3 is 2.08 bits per heavy atom. The lowest BCUT2D eigenvalue weighted by molar-refractivity contribution is 0.520. The van der Waals surface area contributed by atoms with Gasteiger partial charge in [0.1, 0.15) is 17.5 Å². The van der Waals surface area contributed by atoms with Crippen molar-refractivity contribution in [3.63, 3.8) is 0 Å². The number of thiazole rings is 1. The van der Waals surface area contributed by atoms with Crippen molar-refractivity contribution in [2.75, 3.05) is 0 Å². The van der Waals surface area contributed by atoms with Crippen LogP contribution in [0.25, 0.3) is 16.9 Å². The van der Waals surface area contributed by atoms with Crippen LogP contribution in [0.2, 0.25) is 0 Å². The second-order valence-corrected chi connectivity index (χ2v) is 7.33. The molecule has 0 amide bonds. The van der Waals surface area contributed by atoms with Gasteiger partial charge in [-0.25, -0.2) is 26.7 Å². The van der Waals surface area contributed by atoms with E-state index in [1.54, 1.807) is 0 Å². The zero-order chi connectivity index (χ0) is 18.4. The molecule has 0 aliphatic heterocycles. The van der Waals surface area contributed by atoms with Crippen molar-refractivity contribution in [2.45, 2.75) is 4.90 Å². The molecule has 0 fully saturated rings. The van der Waals surface area contributed by atoms with Gasteiger partial charge in [-0.3, -0.25) is 9.36 Å². The summed E-state index contributed by atoms with van der Waals surface area (Å²) in [7, 11) is -4.58. The molecule has 2 aromatic carbocycles. The van der Waals surface area contributed by atoms with Crippen LogP contribution in [0.4, 0.5) is 13.2 Å². The highest BCUT2D eigenvalue weighted by molar-refractivity contribution is 7.89. The first kappa shape index (κ1) is 17.4. The molecule has 0 unspecified atom stereocenters. The maximum Gasteiger partial charge on any atom is 0.312 e. The van der Waals surface area contributed by atoms with E-state index in [1.807, 2.05) is 0 Å². The number of hydrogen-bond donors (Lipinski definition) is 1. The summed E-state index contributed by atoms with van der Waals surface area (Å²) in [6.07, 6.45) is 0. The number of aromatic nitrogens is 1. The normalized spacial score (nSPS) is 11.7. The molecule has 0 spiro atoms. The molecule has 0 saturated heterocycles. The van der Waals surface area contributed by atoms with Gasteiger partial charge in [0.25, 0.3) is 0 Å². The van der Waals surface area contributed by atoms with Gasteiger partial charge in [0, 0.05) is 10.9 Å². The standard InChI is InChI=1S/C15H9F3N2O3S2/c16-9-1-3-10(4-2-9)20-13(7-24-15(20)21)8-5-11(17)14(12(18)6-8)25(19,22)23/h1-7H,(H2,19,22,23). The van der Waals surface area contributed by atoms with Gasteiger partial charge in [-0.1, -0.05) is 11.3 Å². The largest absolute Gasteiger partial charge is 0.312 e. The topological polar surface area (TPSA) is 82.2 Å². The Kier molecular flexibility index (Phi) is 4.27. The van der Waals surface area contributed by atoms with Crippen LogP contribution >= 0.6 is 11.3 Å². The monoisotopic (exact) mass is 386 g/mol. The summed E-state index contributed by atoms with van der Waals surface area (Å²) in [5.74, 6) is -3.26. The summed E-state index contributed by atoms with van der Waals surface area (Å²) in [6, 6.07) is 6.47. The van der Waals surface area contributed by atoms with E-state index in [4.69, 9.17) is 5.14 Å². The predicted molar refractivity (Wildman–Crippen MR) is 86.6 cm³/mol. The highest BCUT2D eigenvalue weighted by Gasteiger charge is 2.23. The van der Waals surface area contributed by atoms with E-state index in [-0.39, 0.29) is 11.3 Å². The van der Waals surface area contributed by atoms with E-state index in [2.05, 4.69) is 0 Å². The van der Waals surface area contributed by atoms with Gasteiger partial charge >= 0.3 is 4.87 Å². The minimum Gasteiger partial charge on any atom is -0.267 e. The second kappa shape index (κ2) is 6.14. The van der Waals surface area contributed by atoms with E-state index in [0.29, 0.717) is 5.69 Å². The Bertz CT molecular complexity index is 1100. The molecule has 3 rings (SSSR count). The lowest BCUT2D eigenvalue weighted by atomic mass is 10.1. The van der Waals surface area contributed by atoms with Gasteiger partial charge in [-0.2, -0.15) is 0 Å². The molecular weight excluding hydrogens is 377 g/mol. The van der Waals surface area contributed by atoms with Crippen molar-refractivity contribution < 1.29 is 21.6 Å². The van der Waals surface area contributed by atoms with E-state index in [9.17, 15) is 26.4 Å². The van der Waals surface area contributed by atoms with Crippen LogP contribution in [0.3, 0.4) is 0 Å². The summed E-state index contributed by atoms with van der Waals surface area (Å²) in [5.41, 5.74) is 0.351. The summed E-state index contributed by atoms with van der Waals surface area (Å²) in [5, 5.41) is 6.15. The third-order valence-electron chi connectivity index (χ3n) is 3.36. The van der Waals surface area contributed by atoms with Crippen LogP contribution in [0.1, 0.15) is 0 Å². The SMILES string of the molecule is NS(=O)(=O)c1c(F)cc(-c2csc(=O)n2-c2ccc(F)cc2)cc1F. The molecule has 25 heavy (non-hydrogen) atoms. The Morgan fingerprint density at radius 1 is 1.00 bits per heavy atom. The van der Waals surface area contributed by atoms with Crippen molar-refractivity contribution in [3.05, 3.63) is 68.9 Å². The van der Waals surface area contributed by atoms with Gasteiger partial charge < -0.3 is 0 Å². The fraction of sp³-hybridized carbons (Fsp3) is 0. The number of rotatable bonds is 3. The highest BCUT2D eigenvalue weighted by atomic mass is 32.2. The average molecular weight is 386 g/mol. The van der Waals surface area contributed by atoms with Gasteiger partial charge in [-0.15, -0.1) is 0 Å². The third kappa shape index (κ3) is 3.23. The summed E-state index contributed by atoms with van der Waals surface area (Å²) < 4.78 is 64.8. The zero-order valence-electron chi connectivity index (χ0n) is 12.2. The van der Waals surface area contributed by atoms with Gasteiger partial charge in [0.05, 0.1) is 11.4 Å². The molecule has 0 bridgehead atoms. The molecule has 5 nitrogen and oxygen atoms in total. The maximum absolute atomic E-state index is 14.1. The molecule has 0 saturated carbocycles. The van der Waals surface area contributed by atoms with Crippen molar-refractivity contribution in [1.29, 1.82) is 0 Å². The van der Waals surface area contributed by atoms with Gasteiger partial charge in [-0.05, 0) is 36.4 Å². The van der Waals surface area contributed by atoms with Crippen molar-refractivity contribution in [1.82, 2.24) is 4.57 Å². The summed E-state index contributed by atoms with van der Waals surface area (Å²) in [6.45, 7) is 0. The fourth-order valence-corrected chi connectivity index (χ4v) is 3.75. The second-order valence-electron chi connectivity index (χ2n) is 5.01. The van der Waals surface area contributed by atoms with Gasteiger partial charge in [0.2, 0.25) is 10.0 Å². The minimum atomic E-state index is -4.58. The van der Waals surface area contributed by atoms with Gasteiger partial charge in [0.15, 0.2) is 4.90 Å².